The predicted octanol–water partition coefficient (Wildman–Crippen LogP) is 2.89. The van der Waals surface area contributed by atoms with Gasteiger partial charge in [-0.2, -0.15) is 0 Å². The molecule has 4 heteroatoms. The van der Waals surface area contributed by atoms with Crippen LogP contribution in [0.15, 0.2) is 18.2 Å². The highest BCUT2D eigenvalue weighted by Gasteiger charge is 2.11. The monoisotopic (exact) mass is 281 g/mol. The van der Waals surface area contributed by atoms with Gasteiger partial charge in [0.25, 0.3) is 0 Å². The van der Waals surface area contributed by atoms with Gasteiger partial charge in [0.1, 0.15) is 18.2 Å². The lowest BCUT2D eigenvalue weighted by Gasteiger charge is -2.15. The van der Waals surface area contributed by atoms with Gasteiger partial charge in [-0.3, -0.25) is 4.90 Å². The fourth-order valence-electron chi connectivity index (χ4n) is 2.15. The summed E-state index contributed by atoms with van der Waals surface area (Å²) in [6.07, 6.45) is 2.53. The third kappa shape index (κ3) is 4.41. The number of ether oxygens (including phenoxy) is 1. The van der Waals surface area contributed by atoms with Gasteiger partial charge >= 0.3 is 0 Å². The van der Waals surface area contributed by atoms with Gasteiger partial charge in [0.05, 0.1) is 11.4 Å². The van der Waals surface area contributed by atoms with Crippen molar-refractivity contribution in [3.63, 3.8) is 0 Å². The average Bonchev–Trinajstić information content (AvgIpc) is 2.91. The Kier molecular flexibility index (Phi) is 5.50. The number of alkyl halides is 1. The molecule has 0 saturated carbocycles. The third-order valence-corrected chi connectivity index (χ3v) is 3.23. The molecule has 1 saturated heterocycles. The first-order chi connectivity index (χ1) is 9.29. The number of halogens is 2. The first-order valence-electron chi connectivity index (χ1n) is 6.49. The Hall–Kier alpha value is -1.24. The first-order valence-corrected chi connectivity index (χ1v) is 7.02. The zero-order valence-electron chi connectivity index (χ0n) is 10.8. The maximum atomic E-state index is 13.2. The fraction of sp³-hybridized carbons (Fsp3) is 0.467. The Morgan fingerprint density at radius 1 is 1.32 bits per heavy atom. The molecule has 102 valence electrons. The van der Waals surface area contributed by atoms with Gasteiger partial charge in [-0.1, -0.05) is 11.8 Å². The highest BCUT2D eigenvalue weighted by molar-refractivity contribution is 6.19. The fourth-order valence-corrected chi connectivity index (χ4v) is 2.21. The Balaban J connectivity index is 1.94. The van der Waals surface area contributed by atoms with Gasteiger partial charge in [-0.15, -0.1) is 11.6 Å². The lowest BCUT2D eigenvalue weighted by atomic mass is 10.2. The molecule has 0 N–H and O–H groups in total. The molecule has 0 aromatic heterocycles. The molecular formula is C15H17ClFNO. The summed E-state index contributed by atoms with van der Waals surface area (Å²) in [4.78, 5) is 2.37. The molecule has 1 heterocycles. The summed E-state index contributed by atoms with van der Waals surface area (Å²) in [7, 11) is 0. The molecule has 19 heavy (non-hydrogen) atoms. The molecule has 2 rings (SSSR count). The van der Waals surface area contributed by atoms with Crippen molar-refractivity contribution < 1.29 is 9.13 Å². The number of benzene rings is 1. The lowest BCUT2D eigenvalue weighted by Crippen LogP contribution is -2.25. The summed E-state index contributed by atoms with van der Waals surface area (Å²) in [5.74, 6) is 6.08. The first kappa shape index (κ1) is 14.2. The topological polar surface area (TPSA) is 12.5 Å². The number of likely N-dealkylation sites (tertiary alicyclic amines) is 1. The standard InChI is InChI=1S/C15H17ClFNO/c16-7-3-4-13-12-14(17)5-6-15(13)19-11-10-18-8-1-2-9-18/h5-6,12H,1-2,7-11H2. The van der Waals surface area contributed by atoms with E-state index >= 15 is 0 Å². The number of nitrogens with zero attached hydrogens (tertiary/aromatic N) is 1. The average molecular weight is 282 g/mol. The van der Waals surface area contributed by atoms with Crippen molar-refractivity contribution in [3.8, 4) is 17.6 Å². The van der Waals surface area contributed by atoms with Crippen molar-refractivity contribution in [2.24, 2.45) is 0 Å². The minimum atomic E-state index is -0.314. The van der Waals surface area contributed by atoms with Crippen LogP contribution in [0.4, 0.5) is 4.39 Å². The van der Waals surface area contributed by atoms with Crippen LogP contribution in [-0.2, 0) is 0 Å². The van der Waals surface area contributed by atoms with Crippen LogP contribution in [0.3, 0.4) is 0 Å². The van der Waals surface area contributed by atoms with Crippen molar-refractivity contribution in [2.45, 2.75) is 12.8 Å². The number of rotatable bonds is 4. The van der Waals surface area contributed by atoms with E-state index in [9.17, 15) is 4.39 Å². The summed E-state index contributed by atoms with van der Waals surface area (Å²) in [5.41, 5.74) is 0.557. The lowest BCUT2D eigenvalue weighted by molar-refractivity contribution is 0.237. The van der Waals surface area contributed by atoms with Crippen LogP contribution in [0.5, 0.6) is 5.75 Å². The van der Waals surface area contributed by atoms with Gasteiger partial charge in [0.2, 0.25) is 0 Å². The molecule has 1 aromatic rings. The molecule has 0 amide bonds. The van der Waals surface area contributed by atoms with Gasteiger partial charge in [0.15, 0.2) is 0 Å². The summed E-state index contributed by atoms with van der Waals surface area (Å²) < 4.78 is 18.9. The van der Waals surface area contributed by atoms with Crippen LogP contribution in [0, 0.1) is 17.7 Å². The number of hydrogen-bond donors (Lipinski definition) is 0. The van der Waals surface area contributed by atoms with Gasteiger partial charge in [0, 0.05) is 6.54 Å². The van der Waals surface area contributed by atoms with Crippen LogP contribution < -0.4 is 4.74 Å². The van der Waals surface area contributed by atoms with Crippen LogP contribution in [0.1, 0.15) is 18.4 Å². The molecule has 0 spiro atoms. The summed E-state index contributed by atoms with van der Waals surface area (Å²) in [6, 6.07) is 4.39. The van der Waals surface area contributed by atoms with Crippen molar-refractivity contribution in [1.29, 1.82) is 0 Å². The molecule has 1 fully saturated rings. The number of hydrogen-bond acceptors (Lipinski definition) is 2. The van der Waals surface area contributed by atoms with Crippen molar-refractivity contribution in [2.75, 3.05) is 32.1 Å². The third-order valence-electron chi connectivity index (χ3n) is 3.10. The minimum absolute atomic E-state index is 0.226. The second kappa shape index (κ2) is 7.37. The van der Waals surface area contributed by atoms with E-state index in [1.807, 2.05) is 0 Å². The van der Waals surface area contributed by atoms with E-state index in [-0.39, 0.29) is 11.7 Å². The molecule has 1 aromatic carbocycles. The zero-order valence-corrected chi connectivity index (χ0v) is 11.5. The van der Waals surface area contributed by atoms with Crippen LogP contribution in [0.25, 0.3) is 0 Å². The van der Waals surface area contributed by atoms with E-state index in [1.165, 1.54) is 25.0 Å². The minimum Gasteiger partial charge on any atom is -0.491 e. The van der Waals surface area contributed by atoms with Gasteiger partial charge in [-0.05, 0) is 44.1 Å². The summed E-state index contributed by atoms with van der Waals surface area (Å²) in [6.45, 7) is 3.79. The molecular weight excluding hydrogens is 265 g/mol. The predicted molar refractivity (Wildman–Crippen MR) is 75.2 cm³/mol. The summed E-state index contributed by atoms with van der Waals surface area (Å²) in [5, 5.41) is 0. The maximum absolute atomic E-state index is 13.2. The second-order valence-electron chi connectivity index (χ2n) is 4.47. The molecule has 0 atom stereocenters. The molecule has 0 aliphatic carbocycles. The maximum Gasteiger partial charge on any atom is 0.135 e. The van der Waals surface area contributed by atoms with E-state index in [0.717, 1.165) is 19.6 Å². The quantitative estimate of drug-likeness (QED) is 0.622. The van der Waals surface area contributed by atoms with E-state index in [4.69, 9.17) is 16.3 Å². The van der Waals surface area contributed by atoms with Crippen molar-refractivity contribution in [1.82, 2.24) is 4.90 Å². The molecule has 0 unspecified atom stereocenters. The molecule has 1 aliphatic rings. The van der Waals surface area contributed by atoms with Crippen molar-refractivity contribution in [3.05, 3.63) is 29.6 Å². The highest BCUT2D eigenvalue weighted by atomic mass is 35.5. The van der Waals surface area contributed by atoms with Crippen molar-refractivity contribution >= 4 is 11.6 Å². The van der Waals surface area contributed by atoms with E-state index in [0.29, 0.717) is 17.9 Å². The van der Waals surface area contributed by atoms with Crippen LogP contribution >= 0.6 is 11.6 Å². The normalized spacial score (nSPS) is 15.1. The Labute approximate surface area is 118 Å². The molecule has 0 bridgehead atoms. The summed E-state index contributed by atoms with van der Waals surface area (Å²) >= 11 is 5.52. The zero-order chi connectivity index (χ0) is 13.5. The van der Waals surface area contributed by atoms with E-state index in [2.05, 4.69) is 16.7 Å². The van der Waals surface area contributed by atoms with E-state index < -0.39 is 0 Å². The second-order valence-corrected chi connectivity index (χ2v) is 4.74. The SMILES string of the molecule is Fc1ccc(OCCN2CCCC2)c(C#CCCl)c1. The van der Waals surface area contributed by atoms with Crippen LogP contribution in [0.2, 0.25) is 0 Å². The Morgan fingerprint density at radius 2 is 2.11 bits per heavy atom. The van der Waals surface area contributed by atoms with E-state index in [1.54, 1.807) is 6.07 Å². The highest BCUT2D eigenvalue weighted by Crippen LogP contribution is 2.19. The molecule has 0 radical (unpaired) electrons. The Morgan fingerprint density at radius 3 is 2.84 bits per heavy atom. The van der Waals surface area contributed by atoms with Gasteiger partial charge in [-0.25, -0.2) is 4.39 Å². The largest absolute Gasteiger partial charge is 0.491 e. The molecule has 2 nitrogen and oxygen atoms in total. The van der Waals surface area contributed by atoms with Gasteiger partial charge < -0.3 is 4.74 Å². The Bertz CT molecular complexity index is 475. The smallest absolute Gasteiger partial charge is 0.135 e. The van der Waals surface area contributed by atoms with Crippen LogP contribution in [-0.4, -0.2) is 37.0 Å². The molecule has 1 aliphatic heterocycles.